The Kier molecular flexibility index (Phi) is 6.15. The Hall–Kier alpha value is -2.36. The molecule has 0 aliphatic heterocycles. The van der Waals surface area contributed by atoms with Gasteiger partial charge < -0.3 is 10.3 Å². The third kappa shape index (κ3) is 5.09. The molecule has 1 heterocycles. The Morgan fingerprint density at radius 1 is 1.13 bits per heavy atom. The maximum absolute atomic E-state index is 11.9. The van der Waals surface area contributed by atoms with E-state index in [4.69, 9.17) is 0 Å². The van der Waals surface area contributed by atoms with Crippen molar-refractivity contribution in [1.82, 2.24) is 10.3 Å². The Morgan fingerprint density at radius 3 is 2.61 bits per heavy atom. The van der Waals surface area contributed by atoms with Gasteiger partial charge in [0.2, 0.25) is 5.91 Å². The van der Waals surface area contributed by atoms with Crippen LogP contribution in [0.5, 0.6) is 0 Å². The van der Waals surface area contributed by atoms with Crippen LogP contribution >= 0.6 is 0 Å². The van der Waals surface area contributed by atoms with Crippen molar-refractivity contribution in [2.24, 2.45) is 0 Å². The second kappa shape index (κ2) is 8.32. The van der Waals surface area contributed by atoms with Crippen LogP contribution in [0.2, 0.25) is 0 Å². The second-order valence-electron chi connectivity index (χ2n) is 5.87. The lowest BCUT2D eigenvalue weighted by Crippen LogP contribution is -2.25. The summed E-state index contributed by atoms with van der Waals surface area (Å²) in [6, 6.07) is 10.3. The first kappa shape index (κ1) is 17.0. The van der Waals surface area contributed by atoms with E-state index in [0.717, 1.165) is 25.0 Å². The van der Waals surface area contributed by atoms with Crippen molar-refractivity contribution in [2.75, 3.05) is 0 Å². The van der Waals surface area contributed by atoms with Gasteiger partial charge in [-0.05, 0) is 38.7 Å². The summed E-state index contributed by atoms with van der Waals surface area (Å²) in [5.41, 5.74) is 3.49. The zero-order valence-electron chi connectivity index (χ0n) is 13.8. The highest BCUT2D eigenvalue weighted by molar-refractivity contribution is 5.75. The number of H-pyrrole nitrogens is 1. The highest BCUT2D eigenvalue weighted by Crippen LogP contribution is 2.06. The fraction of sp³-hybridized carbons (Fsp3) is 0.368. The lowest BCUT2D eigenvalue weighted by atomic mass is 10.1. The maximum atomic E-state index is 11.9. The number of rotatable bonds is 7. The molecule has 0 aliphatic carbocycles. The first-order valence-corrected chi connectivity index (χ1v) is 8.06. The second-order valence-corrected chi connectivity index (χ2v) is 5.87. The average molecular weight is 312 g/mol. The summed E-state index contributed by atoms with van der Waals surface area (Å²) in [4.78, 5) is 26.8. The number of aryl methyl sites for hydroxylation is 2. The van der Waals surface area contributed by atoms with Crippen LogP contribution < -0.4 is 10.7 Å². The van der Waals surface area contributed by atoms with E-state index in [1.807, 2.05) is 18.2 Å². The molecular weight excluding hydrogens is 288 g/mol. The van der Waals surface area contributed by atoms with Gasteiger partial charge in [-0.1, -0.05) is 30.3 Å². The van der Waals surface area contributed by atoms with Crippen molar-refractivity contribution >= 4 is 5.91 Å². The first-order chi connectivity index (χ1) is 11.1. The van der Waals surface area contributed by atoms with Crippen molar-refractivity contribution in [3.05, 3.63) is 69.1 Å². The molecule has 2 aromatic rings. The molecule has 1 amide bonds. The molecule has 0 saturated carbocycles. The molecular formula is C19H24N2O2. The van der Waals surface area contributed by atoms with Gasteiger partial charge in [-0.25, -0.2) is 0 Å². The van der Waals surface area contributed by atoms with E-state index in [2.05, 4.69) is 22.4 Å². The fourth-order valence-corrected chi connectivity index (χ4v) is 2.52. The summed E-state index contributed by atoms with van der Waals surface area (Å²) in [6.07, 6.45) is 5.07. The number of aromatic amines is 1. The predicted octanol–water partition coefficient (Wildman–Crippen LogP) is 3.02. The Morgan fingerprint density at radius 2 is 1.87 bits per heavy atom. The van der Waals surface area contributed by atoms with Gasteiger partial charge in [0.05, 0.1) is 6.54 Å². The number of carbonyl (C=O) groups is 1. The fourth-order valence-electron chi connectivity index (χ4n) is 2.52. The summed E-state index contributed by atoms with van der Waals surface area (Å²) >= 11 is 0. The van der Waals surface area contributed by atoms with E-state index in [1.165, 1.54) is 5.56 Å². The number of amides is 1. The molecule has 0 atom stereocenters. The van der Waals surface area contributed by atoms with Gasteiger partial charge >= 0.3 is 0 Å². The Labute approximate surface area is 137 Å². The number of carbonyl (C=O) groups excluding carboxylic acids is 1. The van der Waals surface area contributed by atoms with Gasteiger partial charge in [-0.3, -0.25) is 9.59 Å². The van der Waals surface area contributed by atoms with E-state index >= 15 is 0 Å². The summed E-state index contributed by atoms with van der Waals surface area (Å²) < 4.78 is 0. The molecule has 4 nitrogen and oxygen atoms in total. The van der Waals surface area contributed by atoms with Crippen LogP contribution in [-0.2, 0) is 17.8 Å². The predicted molar refractivity (Wildman–Crippen MR) is 92.4 cm³/mol. The van der Waals surface area contributed by atoms with Gasteiger partial charge in [-0.15, -0.1) is 0 Å². The maximum Gasteiger partial charge on any atom is 0.220 e. The lowest BCUT2D eigenvalue weighted by Gasteiger charge is -2.08. The van der Waals surface area contributed by atoms with Crippen molar-refractivity contribution in [3.63, 3.8) is 0 Å². The van der Waals surface area contributed by atoms with Gasteiger partial charge in [-0.2, -0.15) is 0 Å². The molecule has 0 fully saturated rings. The standard InChI is InChI=1S/C19H24N2O2/c1-14-12-20-17(15(2)19(14)23)13-21-18(22)11-7-6-10-16-8-4-3-5-9-16/h3-5,8-9,12H,6-7,10-11,13H2,1-2H3,(H,20,23)(H,21,22). The molecule has 1 aromatic carbocycles. The molecule has 0 saturated heterocycles. The number of aromatic nitrogens is 1. The minimum Gasteiger partial charge on any atom is -0.363 e. The Bertz CT molecular complexity index is 705. The van der Waals surface area contributed by atoms with Gasteiger partial charge in [0.15, 0.2) is 5.43 Å². The van der Waals surface area contributed by atoms with Crippen LogP contribution in [0.25, 0.3) is 0 Å². The normalized spacial score (nSPS) is 10.5. The van der Waals surface area contributed by atoms with Crippen molar-refractivity contribution in [3.8, 4) is 0 Å². The van der Waals surface area contributed by atoms with Crippen molar-refractivity contribution < 1.29 is 4.79 Å². The number of nitrogens with one attached hydrogen (secondary N) is 2. The molecule has 2 rings (SSSR count). The van der Waals surface area contributed by atoms with E-state index in [9.17, 15) is 9.59 Å². The largest absolute Gasteiger partial charge is 0.363 e. The smallest absolute Gasteiger partial charge is 0.220 e. The van der Waals surface area contributed by atoms with Crippen molar-refractivity contribution in [2.45, 2.75) is 46.1 Å². The quantitative estimate of drug-likeness (QED) is 0.772. The average Bonchev–Trinajstić information content (AvgIpc) is 2.57. The van der Waals surface area contributed by atoms with Crippen LogP contribution in [0.4, 0.5) is 0 Å². The minimum absolute atomic E-state index is 0.0267. The molecule has 0 aliphatic rings. The van der Waals surface area contributed by atoms with Crippen LogP contribution in [-0.4, -0.2) is 10.9 Å². The molecule has 2 N–H and O–H groups in total. The third-order valence-corrected chi connectivity index (χ3v) is 4.04. The molecule has 0 spiro atoms. The van der Waals surface area contributed by atoms with E-state index in [0.29, 0.717) is 24.1 Å². The third-order valence-electron chi connectivity index (χ3n) is 4.04. The van der Waals surface area contributed by atoms with Crippen LogP contribution in [0.3, 0.4) is 0 Å². The number of pyridine rings is 1. The summed E-state index contributed by atoms with van der Waals surface area (Å²) in [6.45, 7) is 3.94. The number of hydrogen-bond donors (Lipinski definition) is 2. The van der Waals surface area contributed by atoms with E-state index in [1.54, 1.807) is 20.0 Å². The molecule has 0 unspecified atom stereocenters. The van der Waals surface area contributed by atoms with E-state index < -0.39 is 0 Å². The molecule has 23 heavy (non-hydrogen) atoms. The lowest BCUT2D eigenvalue weighted by molar-refractivity contribution is -0.121. The molecule has 4 heteroatoms. The monoisotopic (exact) mass is 312 g/mol. The minimum atomic E-state index is 0.0267. The summed E-state index contributed by atoms with van der Waals surface area (Å²) in [7, 11) is 0. The van der Waals surface area contributed by atoms with Crippen LogP contribution in [0.1, 0.15) is 41.6 Å². The summed E-state index contributed by atoms with van der Waals surface area (Å²) in [5.74, 6) is 0.0267. The zero-order chi connectivity index (χ0) is 16.7. The highest BCUT2D eigenvalue weighted by atomic mass is 16.1. The van der Waals surface area contributed by atoms with Crippen molar-refractivity contribution in [1.29, 1.82) is 0 Å². The summed E-state index contributed by atoms with van der Waals surface area (Å²) in [5, 5.41) is 2.88. The van der Waals surface area contributed by atoms with E-state index in [-0.39, 0.29) is 11.3 Å². The first-order valence-electron chi connectivity index (χ1n) is 8.06. The van der Waals surface area contributed by atoms with Crippen LogP contribution in [0.15, 0.2) is 41.3 Å². The molecule has 122 valence electrons. The van der Waals surface area contributed by atoms with Crippen LogP contribution in [0, 0.1) is 13.8 Å². The molecule has 1 aromatic heterocycles. The van der Waals surface area contributed by atoms with Gasteiger partial charge in [0.1, 0.15) is 0 Å². The van der Waals surface area contributed by atoms with Gasteiger partial charge in [0, 0.05) is 29.4 Å². The zero-order valence-corrected chi connectivity index (χ0v) is 13.8. The molecule has 0 radical (unpaired) electrons. The molecule has 0 bridgehead atoms. The number of hydrogen-bond acceptors (Lipinski definition) is 2. The Balaban J connectivity index is 1.71. The topological polar surface area (TPSA) is 62.0 Å². The van der Waals surface area contributed by atoms with Gasteiger partial charge in [0.25, 0.3) is 0 Å². The number of benzene rings is 1. The SMILES string of the molecule is Cc1c[nH]c(CNC(=O)CCCCc2ccccc2)c(C)c1=O. The number of unbranched alkanes of at least 4 members (excludes halogenated alkanes) is 1. The highest BCUT2D eigenvalue weighted by Gasteiger charge is 2.07.